The maximum absolute atomic E-state index is 12.1. The van der Waals surface area contributed by atoms with E-state index in [9.17, 15) is 14.9 Å². The van der Waals surface area contributed by atoms with Crippen molar-refractivity contribution in [1.29, 1.82) is 0 Å². The van der Waals surface area contributed by atoms with Gasteiger partial charge in [0.25, 0.3) is 5.69 Å². The fourth-order valence-electron chi connectivity index (χ4n) is 1.81. The van der Waals surface area contributed by atoms with Crippen LogP contribution in [0.15, 0.2) is 53.9 Å². The Kier molecular flexibility index (Phi) is 6.33. The number of halogens is 1. The average Bonchev–Trinajstić information content (AvgIpc) is 2.48. The number of rotatable bonds is 5. The monoisotopic (exact) mass is 365 g/mol. The van der Waals surface area contributed by atoms with Crippen molar-refractivity contribution in [3.63, 3.8) is 0 Å². The van der Waals surface area contributed by atoms with Crippen molar-refractivity contribution in [3.05, 3.63) is 70.0 Å². The van der Waals surface area contributed by atoms with Gasteiger partial charge in [0.05, 0.1) is 16.7 Å². The number of hydrogen-bond acceptors (Lipinski definition) is 5. The fraction of sp³-hybridized carbons (Fsp3) is 0.0714. The van der Waals surface area contributed by atoms with Crippen LogP contribution in [0.5, 0.6) is 0 Å². The maximum Gasteiger partial charge on any atom is 0.269 e. The Labute approximate surface area is 136 Å². The SMILES string of the molecule is O=C(C[n+]1cccc(C=NO)c1)c1ccc([N+](=O)[O-])cc1.[Br-]. The van der Waals surface area contributed by atoms with Crippen LogP contribution in [0, 0.1) is 10.1 Å². The number of non-ortho nitro benzene ring substituents is 1. The molecule has 0 aliphatic rings. The summed E-state index contributed by atoms with van der Waals surface area (Å²) in [6.07, 6.45) is 4.62. The van der Waals surface area contributed by atoms with Gasteiger partial charge in [-0.05, 0) is 18.2 Å². The summed E-state index contributed by atoms with van der Waals surface area (Å²) in [5, 5.41) is 22.0. The molecule has 1 N–H and O–H groups in total. The number of carbonyl (C=O) groups excluding carboxylic acids is 1. The Balaban J connectivity index is 0.00000242. The van der Waals surface area contributed by atoms with Gasteiger partial charge >= 0.3 is 0 Å². The standard InChI is InChI=1S/C14H11N3O4.BrH/c18-14(12-3-5-13(6-4-12)17(20)21)10-16-7-1-2-11(9-16)8-15-19;/h1-9H,10H2;1H. The van der Waals surface area contributed by atoms with Gasteiger partial charge in [-0.2, -0.15) is 4.57 Å². The lowest BCUT2D eigenvalue weighted by atomic mass is 10.1. The zero-order chi connectivity index (χ0) is 15.2. The van der Waals surface area contributed by atoms with Crippen molar-refractivity contribution in [1.82, 2.24) is 0 Å². The Morgan fingerprint density at radius 2 is 2.00 bits per heavy atom. The number of nitrogens with zero attached hydrogens (tertiary/aromatic N) is 3. The molecule has 0 radical (unpaired) electrons. The first-order valence-corrected chi connectivity index (χ1v) is 6.04. The minimum atomic E-state index is -0.513. The zero-order valence-electron chi connectivity index (χ0n) is 11.3. The topological polar surface area (TPSA) is 96.7 Å². The Hall–Kier alpha value is -2.61. The van der Waals surface area contributed by atoms with E-state index in [0.29, 0.717) is 11.1 Å². The van der Waals surface area contributed by atoms with Gasteiger partial charge in [-0.3, -0.25) is 14.9 Å². The van der Waals surface area contributed by atoms with E-state index in [0.717, 1.165) is 0 Å². The van der Waals surface area contributed by atoms with Crippen molar-refractivity contribution in [2.45, 2.75) is 6.54 Å². The number of nitro groups is 1. The number of nitro benzene ring substituents is 1. The predicted octanol–water partition coefficient (Wildman–Crippen LogP) is -1.42. The Bertz CT molecular complexity index is 701. The smallest absolute Gasteiger partial charge is 0.269 e. The second-order valence-electron chi connectivity index (χ2n) is 4.28. The average molecular weight is 366 g/mol. The third-order valence-electron chi connectivity index (χ3n) is 2.81. The number of oxime groups is 1. The molecule has 7 nitrogen and oxygen atoms in total. The highest BCUT2D eigenvalue weighted by Gasteiger charge is 2.14. The van der Waals surface area contributed by atoms with Crippen LogP contribution in [0.4, 0.5) is 5.69 Å². The Morgan fingerprint density at radius 3 is 2.59 bits per heavy atom. The third kappa shape index (κ3) is 4.45. The van der Waals surface area contributed by atoms with Crippen LogP contribution < -0.4 is 21.5 Å². The van der Waals surface area contributed by atoms with Crippen LogP contribution in [-0.4, -0.2) is 22.1 Å². The molecule has 2 aromatic rings. The van der Waals surface area contributed by atoms with Gasteiger partial charge < -0.3 is 22.2 Å². The zero-order valence-corrected chi connectivity index (χ0v) is 12.9. The molecule has 0 saturated carbocycles. The van der Waals surface area contributed by atoms with Gasteiger partial charge in [-0.1, -0.05) is 5.16 Å². The van der Waals surface area contributed by atoms with Crippen molar-refractivity contribution in [3.8, 4) is 0 Å². The van der Waals surface area contributed by atoms with Gasteiger partial charge in [-0.25, -0.2) is 0 Å². The number of carbonyl (C=O) groups is 1. The van der Waals surface area contributed by atoms with Crippen LogP contribution in [0.3, 0.4) is 0 Å². The van der Waals surface area contributed by atoms with Gasteiger partial charge in [0, 0.05) is 23.8 Å². The molecule has 1 aromatic carbocycles. The molecule has 0 bridgehead atoms. The van der Waals surface area contributed by atoms with Gasteiger partial charge in [0.2, 0.25) is 12.3 Å². The summed E-state index contributed by atoms with van der Waals surface area (Å²) in [6.45, 7) is 0.0882. The summed E-state index contributed by atoms with van der Waals surface area (Å²) in [5.41, 5.74) is 0.992. The Morgan fingerprint density at radius 1 is 1.32 bits per heavy atom. The fourth-order valence-corrected chi connectivity index (χ4v) is 1.81. The molecule has 0 amide bonds. The van der Waals surface area contributed by atoms with Gasteiger partial charge in [-0.15, -0.1) is 0 Å². The molecule has 1 aromatic heterocycles. The molecule has 0 aliphatic heterocycles. The summed E-state index contributed by atoms with van der Waals surface area (Å²) >= 11 is 0. The highest BCUT2D eigenvalue weighted by molar-refractivity contribution is 5.95. The van der Waals surface area contributed by atoms with Crippen molar-refractivity contribution in [2.75, 3.05) is 0 Å². The highest BCUT2D eigenvalue weighted by Crippen LogP contribution is 2.12. The molecular weight excluding hydrogens is 354 g/mol. The molecule has 0 fully saturated rings. The largest absolute Gasteiger partial charge is 1.00 e. The lowest BCUT2D eigenvalue weighted by Gasteiger charge is -1.99. The molecule has 0 aliphatic carbocycles. The van der Waals surface area contributed by atoms with Crippen molar-refractivity contribution >= 4 is 17.7 Å². The molecule has 114 valence electrons. The predicted molar refractivity (Wildman–Crippen MR) is 73.4 cm³/mol. The lowest BCUT2D eigenvalue weighted by Crippen LogP contribution is -3.00. The minimum absolute atomic E-state index is 0. The van der Waals surface area contributed by atoms with E-state index in [1.165, 1.54) is 30.5 Å². The molecule has 22 heavy (non-hydrogen) atoms. The molecule has 2 rings (SSSR count). The van der Waals surface area contributed by atoms with Gasteiger partial charge in [0.1, 0.15) is 0 Å². The molecule has 8 heteroatoms. The van der Waals surface area contributed by atoms with E-state index in [-0.39, 0.29) is 35.0 Å². The highest BCUT2D eigenvalue weighted by atomic mass is 79.9. The summed E-state index contributed by atoms with van der Waals surface area (Å²) < 4.78 is 1.64. The van der Waals surface area contributed by atoms with Crippen LogP contribution >= 0.6 is 0 Å². The van der Waals surface area contributed by atoms with E-state index in [4.69, 9.17) is 5.21 Å². The van der Waals surface area contributed by atoms with E-state index in [2.05, 4.69) is 5.16 Å². The lowest BCUT2D eigenvalue weighted by molar-refractivity contribution is -0.683. The van der Waals surface area contributed by atoms with E-state index in [1.807, 2.05) is 0 Å². The van der Waals surface area contributed by atoms with E-state index in [1.54, 1.807) is 29.1 Å². The number of aromatic nitrogens is 1. The van der Waals surface area contributed by atoms with E-state index >= 15 is 0 Å². The van der Waals surface area contributed by atoms with Crippen LogP contribution in [0.25, 0.3) is 0 Å². The van der Waals surface area contributed by atoms with Crippen molar-refractivity contribution in [2.24, 2.45) is 5.16 Å². The van der Waals surface area contributed by atoms with Crippen LogP contribution in [0.2, 0.25) is 0 Å². The van der Waals surface area contributed by atoms with Gasteiger partial charge in [0.15, 0.2) is 12.4 Å². The molecule has 0 atom stereocenters. The third-order valence-corrected chi connectivity index (χ3v) is 2.81. The molecule has 0 unspecified atom stereocenters. The number of benzene rings is 1. The summed E-state index contributed by atoms with van der Waals surface area (Å²) in [6, 6.07) is 8.91. The first-order chi connectivity index (χ1) is 10.1. The molecule has 0 spiro atoms. The normalized spacial score (nSPS) is 10.2. The number of ketones is 1. The maximum atomic E-state index is 12.1. The molecule has 1 heterocycles. The number of pyridine rings is 1. The number of Topliss-reactive ketones (excluding diaryl/α,β-unsaturated/α-hetero) is 1. The number of hydrogen-bond donors (Lipinski definition) is 1. The second-order valence-corrected chi connectivity index (χ2v) is 4.28. The minimum Gasteiger partial charge on any atom is -1.00 e. The molecule has 0 saturated heterocycles. The first-order valence-electron chi connectivity index (χ1n) is 6.04. The second kappa shape index (κ2) is 7.99. The van der Waals surface area contributed by atoms with Crippen LogP contribution in [-0.2, 0) is 6.54 Å². The first kappa shape index (κ1) is 17.4. The van der Waals surface area contributed by atoms with Crippen LogP contribution in [0.1, 0.15) is 15.9 Å². The van der Waals surface area contributed by atoms with Crippen molar-refractivity contribution < 1.29 is 36.5 Å². The quantitative estimate of drug-likeness (QED) is 0.175. The molecular formula is C14H12BrN3O4. The van der Waals surface area contributed by atoms with E-state index < -0.39 is 4.92 Å². The summed E-state index contributed by atoms with van der Waals surface area (Å²) in [5.74, 6) is -0.173. The summed E-state index contributed by atoms with van der Waals surface area (Å²) in [4.78, 5) is 22.1. The summed E-state index contributed by atoms with van der Waals surface area (Å²) in [7, 11) is 0.